The minimum Gasteiger partial charge on any atom is -0.356 e. The molecule has 0 radical (unpaired) electrons. The van der Waals surface area contributed by atoms with Crippen LogP contribution in [0.15, 0.2) is 46.5 Å². The van der Waals surface area contributed by atoms with Crippen LogP contribution in [0.25, 0.3) is 0 Å². The Morgan fingerprint density at radius 2 is 1.89 bits per heavy atom. The normalized spacial score (nSPS) is 11.6. The fourth-order valence-corrected chi connectivity index (χ4v) is 3.70. The van der Waals surface area contributed by atoms with Gasteiger partial charge in [0.25, 0.3) is 0 Å². The van der Waals surface area contributed by atoms with Crippen LogP contribution in [0, 0.1) is 13.8 Å². The molecule has 2 N–H and O–H groups in total. The molecule has 2 aromatic rings. The predicted octanol–water partition coefficient (Wildman–Crippen LogP) is 2.63. The fraction of sp³-hybridized carbons (Fsp3) is 0.368. The van der Waals surface area contributed by atoms with Gasteiger partial charge >= 0.3 is 0 Å². The summed E-state index contributed by atoms with van der Waals surface area (Å²) in [7, 11) is -1.46. The number of pyridine rings is 1. The van der Waals surface area contributed by atoms with Gasteiger partial charge in [0.1, 0.15) is 0 Å². The number of hydrogen-bond acceptors (Lipinski definition) is 4. The molecule has 0 saturated heterocycles. The third-order valence-corrected chi connectivity index (χ3v) is 5.40. The Labute approximate surface area is 178 Å². The second kappa shape index (κ2) is 10.6. The number of sulfone groups is 1. The molecule has 1 aromatic carbocycles. The van der Waals surface area contributed by atoms with E-state index in [2.05, 4.69) is 27.5 Å². The van der Waals surface area contributed by atoms with Gasteiger partial charge in [-0.25, -0.2) is 8.42 Å². The zero-order valence-electron chi connectivity index (χ0n) is 16.1. The number of nitrogens with zero attached hydrogens (tertiary/aromatic N) is 2. The first kappa shape index (κ1) is 23.4. The minimum absolute atomic E-state index is 0. The lowest BCUT2D eigenvalue weighted by Crippen LogP contribution is -2.37. The molecule has 0 aliphatic carbocycles. The number of guanidine groups is 1. The molecule has 0 spiro atoms. The Balaban J connectivity index is 0.00000364. The summed E-state index contributed by atoms with van der Waals surface area (Å²) in [4.78, 5) is 8.70. The van der Waals surface area contributed by atoms with Crippen molar-refractivity contribution in [1.29, 1.82) is 0 Å². The van der Waals surface area contributed by atoms with Crippen molar-refractivity contribution in [3.8, 4) is 0 Å². The Morgan fingerprint density at radius 3 is 2.48 bits per heavy atom. The molecule has 0 unspecified atom stereocenters. The average Bonchev–Trinajstić information content (AvgIpc) is 2.58. The molecule has 0 amide bonds. The molecule has 27 heavy (non-hydrogen) atoms. The quantitative estimate of drug-likeness (QED) is 0.361. The molecule has 8 heteroatoms. The van der Waals surface area contributed by atoms with E-state index in [0.717, 1.165) is 24.1 Å². The van der Waals surface area contributed by atoms with Crippen molar-refractivity contribution in [2.75, 3.05) is 19.8 Å². The van der Waals surface area contributed by atoms with E-state index < -0.39 is 9.84 Å². The highest BCUT2D eigenvalue weighted by molar-refractivity contribution is 14.0. The molecule has 1 heterocycles. The van der Waals surface area contributed by atoms with Crippen LogP contribution in [-0.2, 0) is 22.8 Å². The van der Waals surface area contributed by atoms with Crippen LogP contribution >= 0.6 is 24.0 Å². The lowest BCUT2D eigenvalue weighted by Gasteiger charge is -2.13. The van der Waals surface area contributed by atoms with E-state index in [4.69, 9.17) is 0 Å². The van der Waals surface area contributed by atoms with Crippen LogP contribution in [0.1, 0.15) is 22.3 Å². The summed E-state index contributed by atoms with van der Waals surface area (Å²) in [6.07, 6.45) is 5.78. The van der Waals surface area contributed by atoms with Crippen LogP contribution in [0.4, 0.5) is 0 Å². The van der Waals surface area contributed by atoms with Crippen molar-refractivity contribution in [2.45, 2.75) is 31.7 Å². The average molecular weight is 502 g/mol. The standard InChI is InChI=1S/C19H26N4O2S.HI/c1-14-11-16(5-6-18(14)26(4,24)25)13-23-19(20-3)22-10-8-17-7-9-21-12-15(17)2;/h5-7,9,11-12H,8,10,13H2,1-4H3,(H2,20,22,23);1H. The van der Waals surface area contributed by atoms with Crippen molar-refractivity contribution in [3.63, 3.8) is 0 Å². The number of aromatic nitrogens is 1. The topological polar surface area (TPSA) is 83.4 Å². The Morgan fingerprint density at radius 1 is 1.15 bits per heavy atom. The van der Waals surface area contributed by atoms with E-state index in [9.17, 15) is 8.42 Å². The highest BCUT2D eigenvalue weighted by Gasteiger charge is 2.11. The van der Waals surface area contributed by atoms with Gasteiger partial charge in [-0.15, -0.1) is 24.0 Å². The number of rotatable bonds is 6. The first-order chi connectivity index (χ1) is 12.3. The molecule has 0 atom stereocenters. The number of benzene rings is 1. The minimum atomic E-state index is -3.19. The molecule has 0 aliphatic heterocycles. The van der Waals surface area contributed by atoms with Crippen molar-refractivity contribution in [2.24, 2.45) is 4.99 Å². The lowest BCUT2D eigenvalue weighted by molar-refractivity contribution is 0.601. The number of aryl methyl sites for hydroxylation is 2. The maximum atomic E-state index is 11.7. The summed E-state index contributed by atoms with van der Waals surface area (Å²) >= 11 is 0. The molecule has 0 bridgehead atoms. The van der Waals surface area contributed by atoms with Crippen molar-refractivity contribution < 1.29 is 8.42 Å². The summed E-state index contributed by atoms with van der Waals surface area (Å²) in [5, 5.41) is 6.54. The van der Waals surface area contributed by atoms with Gasteiger partial charge in [0.2, 0.25) is 0 Å². The van der Waals surface area contributed by atoms with Gasteiger partial charge in [0.15, 0.2) is 15.8 Å². The monoisotopic (exact) mass is 502 g/mol. The third kappa shape index (κ3) is 7.10. The van der Waals surface area contributed by atoms with Gasteiger partial charge in [-0.05, 0) is 54.7 Å². The van der Waals surface area contributed by atoms with Gasteiger partial charge in [0.05, 0.1) is 4.90 Å². The Hall–Kier alpha value is -1.68. The summed E-state index contributed by atoms with van der Waals surface area (Å²) in [5.74, 6) is 0.710. The molecule has 0 saturated carbocycles. The first-order valence-corrected chi connectivity index (χ1v) is 10.3. The van der Waals surface area contributed by atoms with Crippen LogP contribution in [0.3, 0.4) is 0 Å². The number of nitrogens with one attached hydrogen (secondary N) is 2. The highest BCUT2D eigenvalue weighted by atomic mass is 127. The van der Waals surface area contributed by atoms with Gasteiger partial charge in [0, 0.05) is 38.8 Å². The van der Waals surface area contributed by atoms with E-state index in [1.54, 1.807) is 19.3 Å². The van der Waals surface area contributed by atoms with Gasteiger partial charge in [-0.2, -0.15) is 0 Å². The van der Waals surface area contributed by atoms with Gasteiger partial charge in [-0.1, -0.05) is 12.1 Å². The fourth-order valence-electron chi connectivity index (χ4n) is 2.74. The van der Waals surface area contributed by atoms with Crippen LogP contribution in [0.2, 0.25) is 0 Å². The van der Waals surface area contributed by atoms with Crippen molar-refractivity contribution >= 4 is 39.8 Å². The van der Waals surface area contributed by atoms with E-state index in [1.165, 1.54) is 17.4 Å². The molecule has 148 valence electrons. The van der Waals surface area contributed by atoms with Crippen LogP contribution in [0.5, 0.6) is 0 Å². The third-order valence-electron chi connectivity index (χ3n) is 4.15. The molecule has 1 aromatic heterocycles. The SMILES string of the molecule is CN=C(NCCc1ccncc1C)NCc1ccc(S(C)(=O)=O)c(C)c1.I. The van der Waals surface area contributed by atoms with Gasteiger partial charge in [-0.3, -0.25) is 9.98 Å². The van der Waals surface area contributed by atoms with E-state index in [-0.39, 0.29) is 24.0 Å². The van der Waals surface area contributed by atoms with E-state index in [1.807, 2.05) is 31.3 Å². The Kier molecular flexibility index (Phi) is 9.17. The van der Waals surface area contributed by atoms with Crippen LogP contribution in [-0.4, -0.2) is 39.2 Å². The number of hydrogen-bond donors (Lipinski definition) is 2. The second-order valence-electron chi connectivity index (χ2n) is 6.28. The number of halogens is 1. The maximum absolute atomic E-state index is 11.7. The maximum Gasteiger partial charge on any atom is 0.191 e. The molecule has 6 nitrogen and oxygen atoms in total. The lowest BCUT2D eigenvalue weighted by atomic mass is 10.1. The Bertz CT molecular complexity index is 898. The smallest absolute Gasteiger partial charge is 0.191 e. The van der Waals surface area contributed by atoms with Gasteiger partial charge < -0.3 is 10.6 Å². The largest absolute Gasteiger partial charge is 0.356 e. The highest BCUT2D eigenvalue weighted by Crippen LogP contribution is 2.16. The second-order valence-corrected chi connectivity index (χ2v) is 8.26. The molecular formula is C19H27IN4O2S. The number of aliphatic imine (C=N–C) groups is 1. The predicted molar refractivity (Wildman–Crippen MR) is 121 cm³/mol. The summed E-state index contributed by atoms with van der Waals surface area (Å²) in [5.41, 5.74) is 4.19. The van der Waals surface area contributed by atoms with E-state index in [0.29, 0.717) is 17.4 Å². The van der Waals surface area contributed by atoms with Crippen LogP contribution < -0.4 is 10.6 Å². The summed E-state index contributed by atoms with van der Waals surface area (Å²) < 4.78 is 23.4. The zero-order chi connectivity index (χ0) is 19.2. The molecule has 0 aliphatic rings. The summed E-state index contributed by atoms with van der Waals surface area (Å²) in [6.45, 7) is 5.19. The van der Waals surface area contributed by atoms with E-state index >= 15 is 0 Å². The summed E-state index contributed by atoms with van der Waals surface area (Å²) in [6, 6.07) is 7.39. The van der Waals surface area contributed by atoms with Crippen molar-refractivity contribution in [3.05, 3.63) is 58.9 Å². The molecule has 2 rings (SSSR count). The first-order valence-electron chi connectivity index (χ1n) is 8.45. The zero-order valence-corrected chi connectivity index (χ0v) is 19.3. The molecular weight excluding hydrogens is 475 g/mol. The molecule has 0 fully saturated rings. The van der Waals surface area contributed by atoms with Crippen molar-refractivity contribution in [1.82, 2.24) is 15.6 Å².